The van der Waals surface area contributed by atoms with Crippen molar-refractivity contribution in [2.45, 2.75) is 39.9 Å². The van der Waals surface area contributed by atoms with Crippen LogP contribution in [0.3, 0.4) is 0 Å². The fourth-order valence-corrected chi connectivity index (χ4v) is 1.41. The van der Waals surface area contributed by atoms with E-state index < -0.39 is 12.2 Å². The number of carbonyl (C=O) groups is 2. The summed E-state index contributed by atoms with van der Waals surface area (Å²) >= 11 is 0. The van der Waals surface area contributed by atoms with Gasteiger partial charge in [0.1, 0.15) is 12.2 Å². The molecule has 0 bridgehead atoms. The van der Waals surface area contributed by atoms with Gasteiger partial charge < -0.3 is 16.2 Å². The van der Waals surface area contributed by atoms with Crippen molar-refractivity contribution in [1.29, 1.82) is 0 Å². The lowest BCUT2D eigenvalue weighted by atomic mass is 10.1. The van der Waals surface area contributed by atoms with Crippen LogP contribution in [0.25, 0.3) is 0 Å². The molecule has 4 N–H and O–H groups in total. The van der Waals surface area contributed by atoms with Crippen molar-refractivity contribution in [1.82, 2.24) is 0 Å². The van der Waals surface area contributed by atoms with Gasteiger partial charge in [-0.3, -0.25) is 9.59 Å². The Morgan fingerprint density at radius 2 is 1.21 bits per heavy atom. The molecule has 0 amide bonds. The number of allylic oxidation sites excluding steroid dienone is 2. The minimum Gasteiger partial charge on any atom is -0.351 e. The van der Waals surface area contributed by atoms with Crippen LogP contribution in [0, 0.1) is 0 Å². The standard InChI is InChI=1S/C14H24N2O3/c1-9(2)5-13(11(17)7-15)19-14(6-10(3)4)12(18)8-16/h5-6,13-14H,7-8,15-16H2,1-4H3. The molecule has 2 atom stereocenters. The number of ketones is 2. The molecule has 0 rings (SSSR count). The Labute approximate surface area is 114 Å². The van der Waals surface area contributed by atoms with Crippen LogP contribution in [0.4, 0.5) is 0 Å². The van der Waals surface area contributed by atoms with Crippen LogP contribution in [0.15, 0.2) is 23.3 Å². The van der Waals surface area contributed by atoms with E-state index in [4.69, 9.17) is 16.2 Å². The van der Waals surface area contributed by atoms with Gasteiger partial charge >= 0.3 is 0 Å². The molecule has 19 heavy (non-hydrogen) atoms. The average Bonchev–Trinajstić information content (AvgIpc) is 2.33. The molecule has 0 aliphatic rings. The van der Waals surface area contributed by atoms with Crippen LogP contribution in [-0.2, 0) is 14.3 Å². The number of nitrogens with two attached hydrogens (primary N) is 2. The van der Waals surface area contributed by atoms with E-state index in [2.05, 4.69) is 0 Å². The molecule has 0 aromatic rings. The molecule has 0 aliphatic heterocycles. The Kier molecular flexibility index (Phi) is 8.14. The predicted molar refractivity (Wildman–Crippen MR) is 75.6 cm³/mol. The van der Waals surface area contributed by atoms with Crippen molar-refractivity contribution in [2.75, 3.05) is 13.1 Å². The van der Waals surface area contributed by atoms with Gasteiger partial charge in [-0.1, -0.05) is 11.1 Å². The highest BCUT2D eigenvalue weighted by Gasteiger charge is 2.23. The molecular weight excluding hydrogens is 244 g/mol. The van der Waals surface area contributed by atoms with Gasteiger partial charge in [0.2, 0.25) is 0 Å². The third-order valence-corrected chi connectivity index (χ3v) is 2.30. The Balaban J connectivity index is 5.14. The summed E-state index contributed by atoms with van der Waals surface area (Å²) < 4.78 is 5.57. The molecule has 0 saturated heterocycles. The minimum absolute atomic E-state index is 0.132. The van der Waals surface area contributed by atoms with Crippen molar-refractivity contribution in [3.8, 4) is 0 Å². The third kappa shape index (κ3) is 7.00. The smallest absolute Gasteiger partial charge is 0.179 e. The number of rotatable bonds is 8. The zero-order valence-corrected chi connectivity index (χ0v) is 12.1. The first-order chi connectivity index (χ1) is 8.81. The fraction of sp³-hybridized carbons (Fsp3) is 0.571. The van der Waals surface area contributed by atoms with Crippen LogP contribution in [0.1, 0.15) is 27.7 Å². The van der Waals surface area contributed by atoms with Gasteiger partial charge in [0.05, 0.1) is 13.1 Å². The summed E-state index contributed by atoms with van der Waals surface area (Å²) in [4.78, 5) is 23.4. The second-order valence-corrected chi connectivity index (χ2v) is 4.81. The van der Waals surface area contributed by atoms with Gasteiger partial charge in [-0.2, -0.15) is 0 Å². The van der Waals surface area contributed by atoms with Crippen LogP contribution >= 0.6 is 0 Å². The molecule has 108 valence electrons. The molecule has 5 nitrogen and oxygen atoms in total. The van der Waals surface area contributed by atoms with Crippen LogP contribution in [0.5, 0.6) is 0 Å². The second-order valence-electron chi connectivity index (χ2n) is 4.81. The Bertz CT molecular complexity index is 342. The number of hydrogen-bond acceptors (Lipinski definition) is 5. The maximum absolute atomic E-state index is 11.7. The first-order valence-electron chi connectivity index (χ1n) is 6.22. The minimum atomic E-state index is -0.814. The van der Waals surface area contributed by atoms with Gasteiger partial charge in [0.15, 0.2) is 11.6 Å². The molecule has 5 heteroatoms. The summed E-state index contributed by atoms with van der Waals surface area (Å²) in [6.07, 6.45) is 1.69. The van der Waals surface area contributed by atoms with Gasteiger partial charge in [-0.05, 0) is 39.8 Å². The molecule has 0 fully saturated rings. The third-order valence-electron chi connectivity index (χ3n) is 2.30. The zero-order chi connectivity index (χ0) is 15.0. The summed E-state index contributed by atoms with van der Waals surface area (Å²) in [7, 11) is 0. The Morgan fingerprint density at radius 1 is 0.895 bits per heavy atom. The number of Topliss-reactive ketones (excluding diaryl/α,β-unsaturated/α-hetero) is 2. The lowest BCUT2D eigenvalue weighted by molar-refractivity contribution is -0.135. The largest absolute Gasteiger partial charge is 0.351 e. The molecule has 0 heterocycles. The van der Waals surface area contributed by atoms with Gasteiger partial charge in [-0.15, -0.1) is 0 Å². The van der Waals surface area contributed by atoms with E-state index in [1.807, 2.05) is 27.7 Å². The van der Waals surface area contributed by atoms with E-state index in [0.717, 1.165) is 11.1 Å². The summed E-state index contributed by atoms with van der Waals surface area (Å²) in [5.41, 5.74) is 12.5. The van der Waals surface area contributed by atoms with Crippen LogP contribution in [0.2, 0.25) is 0 Å². The molecule has 0 aromatic carbocycles. The zero-order valence-electron chi connectivity index (χ0n) is 12.1. The summed E-state index contributed by atoms with van der Waals surface area (Å²) in [6, 6.07) is 0. The molecule has 0 spiro atoms. The van der Waals surface area contributed by atoms with Crippen molar-refractivity contribution < 1.29 is 14.3 Å². The topological polar surface area (TPSA) is 95.4 Å². The molecule has 2 unspecified atom stereocenters. The summed E-state index contributed by atoms with van der Waals surface area (Å²) in [6.45, 7) is 7.13. The first kappa shape index (κ1) is 17.7. The maximum atomic E-state index is 11.7. The SMILES string of the molecule is CC(C)=CC(OC(C=C(C)C)C(=O)CN)C(=O)CN. The lowest BCUT2D eigenvalue weighted by Gasteiger charge is -2.19. The van der Waals surface area contributed by atoms with E-state index in [0.29, 0.717) is 0 Å². The molecular formula is C14H24N2O3. The van der Waals surface area contributed by atoms with E-state index in [1.54, 1.807) is 12.2 Å². The van der Waals surface area contributed by atoms with Gasteiger partial charge in [0, 0.05) is 0 Å². The highest BCUT2D eigenvalue weighted by atomic mass is 16.5. The predicted octanol–water partition coefficient (Wildman–Crippen LogP) is 0.728. The highest BCUT2D eigenvalue weighted by molar-refractivity contribution is 5.89. The van der Waals surface area contributed by atoms with E-state index in [1.165, 1.54) is 0 Å². The molecule has 0 aromatic heterocycles. The second kappa shape index (κ2) is 8.74. The molecule has 0 radical (unpaired) electrons. The highest BCUT2D eigenvalue weighted by Crippen LogP contribution is 2.09. The maximum Gasteiger partial charge on any atom is 0.179 e. The Morgan fingerprint density at radius 3 is 1.42 bits per heavy atom. The van der Waals surface area contributed by atoms with Crippen LogP contribution in [-0.4, -0.2) is 36.9 Å². The normalized spacial score (nSPS) is 13.4. The number of carbonyl (C=O) groups excluding carboxylic acids is 2. The number of ether oxygens (including phenoxy) is 1. The van der Waals surface area contributed by atoms with Crippen molar-refractivity contribution >= 4 is 11.6 Å². The van der Waals surface area contributed by atoms with Gasteiger partial charge in [0.25, 0.3) is 0 Å². The average molecular weight is 268 g/mol. The van der Waals surface area contributed by atoms with Crippen molar-refractivity contribution in [3.05, 3.63) is 23.3 Å². The lowest BCUT2D eigenvalue weighted by Crippen LogP contribution is -2.37. The van der Waals surface area contributed by atoms with E-state index >= 15 is 0 Å². The molecule has 0 saturated carbocycles. The van der Waals surface area contributed by atoms with Crippen molar-refractivity contribution in [2.24, 2.45) is 11.5 Å². The first-order valence-corrected chi connectivity index (χ1v) is 6.22. The summed E-state index contributed by atoms with van der Waals surface area (Å²) in [5.74, 6) is -0.531. The fourth-order valence-electron chi connectivity index (χ4n) is 1.41. The Hall–Kier alpha value is -1.30. The van der Waals surface area contributed by atoms with E-state index in [9.17, 15) is 9.59 Å². The quantitative estimate of drug-likeness (QED) is 0.633. The van der Waals surface area contributed by atoms with Crippen molar-refractivity contribution in [3.63, 3.8) is 0 Å². The number of hydrogen-bond donors (Lipinski definition) is 2. The van der Waals surface area contributed by atoms with Crippen LogP contribution < -0.4 is 11.5 Å². The summed E-state index contributed by atoms with van der Waals surface area (Å²) in [5, 5.41) is 0. The molecule has 0 aliphatic carbocycles. The van der Waals surface area contributed by atoms with Gasteiger partial charge in [-0.25, -0.2) is 0 Å². The van der Waals surface area contributed by atoms with E-state index in [-0.39, 0.29) is 24.7 Å². The monoisotopic (exact) mass is 268 g/mol.